The molecule has 0 spiro atoms. The van der Waals surface area contributed by atoms with Crippen LogP contribution in [0.3, 0.4) is 0 Å². The molecule has 6 heteroatoms. The number of carbonyl (C=O) groups is 1. The molecule has 0 radical (unpaired) electrons. The molecule has 0 saturated carbocycles. The third-order valence-electron chi connectivity index (χ3n) is 3.30. The van der Waals surface area contributed by atoms with Crippen LogP contribution in [0, 0.1) is 0 Å². The minimum absolute atomic E-state index is 0. The molecule has 5 nitrogen and oxygen atoms in total. The standard InChI is InChI=1S/C16H24N4O.HI/c1-16(2,3)19-15(17)18-11-14(21)20-10-6-8-12-7-4-5-9-13(12)20;/h4-5,7,9H,6,8,10-11H2,1-3H3,(H3,17,18,19);1H. The maximum Gasteiger partial charge on any atom is 0.248 e. The first kappa shape index (κ1) is 18.7. The number of para-hydroxylation sites is 1. The van der Waals surface area contributed by atoms with E-state index in [1.807, 2.05) is 43.9 Å². The molecule has 1 aromatic carbocycles. The van der Waals surface area contributed by atoms with Gasteiger partial charge in [-0.1, -0.05) is 18.2 Å². The monoisotopic (exact) mass is 416 g/mol. The number of amides is 1. The fourth-order valence-electron chi connectivity index (χ4n) is 2.45. The largest absolute Gasteiger partial charge is 0.370 e. The van der Waals surface area contributed by atoms with Crippen molar-refractivity contribution >= 4 is 41.5 Å². The van der Waals surface area contributed by atoms with Gasteiger partial charge in [-0.15, -0.1) is 24.0 Å². The van der Waals surface area contributed by atoms with Crippen molar-refractivity contribution in [2.24, 2.45) is 10.7 Å². The maximum absolute atomic E-state index is 12.4. The van der Waals surface area contributed by atoms with Crippen LogP contribution < -0.4 is 16.0 Å². The molecule has 0 atom stereocenters. The lowest BCUT2D eigenvalue weighted by Gasteiger charge is -2.29. The van der Waals surface area contributed by atoms with Crippen LogP contribution in [-0.2, 0) is 11.2 Å². The molecule has 22 heavy (non-hydrogen) atoms. The van der Waals surface area contributed by atoms with Gasteiger partial charge in [-0.2, -0.15) is 0 Å². The Bertz CT molecular complexity index is 551. The van der Waals surface area contributed by atoms with E-state index in [0.717, 1.165) is 25.1 Å². The summed E-state index contributed by atoms with van der Waals surface area (Å²) in [5.74, 6) is 0.293. The summed E-state index contributed by atoms with van der Waals surface area (Å²) in [4.78, 5) is 18.3. The average Bonchev–Trinajstić information content (AvgIpc) is 2.42. The number of nitrogens with two attached hydrogens (primary N) is 1. The van der Waals surface area contributed by atoms with E-state index in [1.165, 1.54) is 5.56 Å². The number of hydrogen-bond acceptors (Lipinski definition) is 2. The van der Waals surface area contributed by atoms with Crippen molar-refractivity contribution in [1.29, 1.82) is 0 Å². The highest BCUT2D eigenvalue weighted by Gasteiger charge is 2.21. The lowest BCUT2D eigenvalue weighted by Crippen LogP contribution is -2.45. The van der Waals surface area contributed by atoms with E-state index in [-0.39, 0.29) is 42.0 Å². The topological polar surface area (TPSA) is 70.7 Å². The number of fused-ring (bicyclic) bond motifs is 1. The van der Waals surface area contributed by atoms with E-state index in [0.29, 0.717) is 5.96 Å². The number of carbonyl (C=O) groups excluding carboxylic acids is 1. The van der Waals surface area contributed by atoms with Gasteiger partial charge in [0.1, 0.15) is 6.54 Å². The van der Waals surface area contributed by atoms with Crippen LogP contribution >= 0.6 is 24.0 Å². The molecule has 1 heterocycles. The summed E-state index contributed by atoms with van der Waals surface area (Å²) in [5.41, 5.74) is 7.87. The minimum atomic E-state index is -0.158. The number of aliphatic imine (C=N–C) groups is 1. The number of nitrogens with one attached hydrogen (secondary N) is 1. The van der Waals surface area contributed by atoms with Crippen molar-refractivity contribution in [2.75, 3.05) is 18.0 Å². The van der Waals surface area contributed by atoms with E-state index >= 15 is 0 Å². The Morgan fingerprint density at radius 2 is 2.05 bits per heavy atom. The molecule has 0 fully saturated rings. The number of guanidine groups is 1. The van der Waals surface area contributed by atoms with Gasteiger partial charge in [0.15, 0.2) is 5.96 Å². The molecule has 0 aromatic heterocycles. The van der Waals surface area contributed by atoms with Crippen molar-refractivity contribution in [3.63, 3.8) is 0 Å². The Kier molecular flexibility index (Phi) is 6.65. The van der Waals surface area contributed by atoms with Crippen LogP contribution in [0.1, 0.15) is 32.8 Å². The van der Waals surface area contributed by atoms with Crippen LogP contribution in [0.5, 0.6) is 0 Å². The second kappa shape index (κ2) is 7.80. The van der Waals surface area contributed by atoms with Crippen LogP contribution in [0.4, 0.5) is 5.69 Å². The number of benzene rings is 1. The molecule has 122 valence electrons. The zero-order valence-corrected chi connectivity index (χ0v) is 15.8. The fraction of sp³-hybridized carbons (Fsp3) is 0.500. The Morgan fingerprint density at radius 3 is 2.73 bits per heavy atom. The van der Waals surface area contributed by atoms with E-state index in [4.69, 9.17) is 5.73 Å². The van der Waals surface area contributed by atoms with Crippen molar-refractivity contribution < 1.29 is 4.79 Å². The number of nitrogens with zero attached hydrogens (tertiary/aromatic N) is 2. The second-order valence-electron chi connectivity index (χ2n) is 6.35. The van der Waals surface area contributed by atoms with Crippen LogP contribution in [-0.4, -0.2) is 30.5 Å². The van der Waals surface area contributed by atoms with Crippen molar-refractivity contribution in [3.8, 4) is 0 Å². The summed E-state index contributed by atoms with van der Waals surface area (Å²) in [6, 6.07) is 8.04. The summed E-state index contributed by atoms with van der Waals surface area (Å²) in [7, 11) is 0. The predicted molar refractivity (Wildman–Crippen MR) is 102 cm³/mol. The number of anilines is 1. The highest BCUT2D eigenvalue weighted by Crippen LogP contribution is 2.26. The van der Waals surface area contributed by atoms with Gasteiger partial charge in [-0.05, 0) is 45.2 Å². The van der Waals surface area contributed by atoms with E-state index in [1.54, 1.807) is 0 Å². The van der Waals surface area contributed by atoms with Gasteiger partial charge in [0.25, 0.3) is 0 Å². The Labute approximate surface area is 149 Å². The van der Waals surface area contributed by atoms with Gasteiger partial charge in [0.05, 0.1) is 0 Å². The lowest BCUT2D eigenvalue weighted by molar-refractivity contribution is -0.117. The molecule has 2 rings (SSSR count). The highest BCUT2D eigenvalue weighted by atomic mass is 127. The van der Waals surface area contributed by atoms with Crippen LogP contribution in [0.2, 0.25) is 0 Å². The molecule has 1 aliphatic rings. The van der Waals surface area contributed by atoms with Gasteiger partial charge < -0.3 is 16.0 Å². The average molecular weight is 416 g/mol. The van der Waals surface area contributed by atoms with Gasteiger partial charge in [-0.3, -0.25) is 4.79 Å². The Hall–Kier alpha value is -1.31. The van der Waals surface area contributed by atoms with E-state index in [9.17, 15) is 4.79 Å². The molecule has 1 aliphatic heterocycles. The molecule has 1 amide bonds. The third-order valence-corrected chi connectivity index (χ3v) is 3.30. The molecule has 0 bridgehead atoms. The quantitative estimate of drug-likeness (QED) is 0.442. The summed E-state index contributed by atoms with van der Waals surface area (Å²) in [6.07, 6.45) is 2.01. The molecule has 1 aromatic rings. The normalized spacial score (nSPS) is 14.9. The summed E-state index contributed by atoms with van der Waals surface area (Å²) in [5, 5.41) is 3.05. The smallest absolute Gasteiger partial charge is 0.248 e. The molecule has 0 saturated heterocycles. The van der Waals surface area contributed by atoms with Gasteiger partial charge in [0, 0.05) is 17.8 Å². The van der Waals surface area contributed by atoms with E-state index in [2.05, 4.69) is 16.4 Å². The Morgan fingerprint density at radius 1 is 1.36 bits per heavy atom. The molecular formula is C16H25IN4O. The van der Waals surface area contributed by atoms with E-state index < -0.39 is 0 Å². The van der Waals surface area contributed by atoms with Gasteiger partial charge in [0.2, 0.25) is 5.91 Å². The zero-order valence-electron chi connectivity index (χ0n) is 13.4. The molecular weight excluding hydrogens is 391 g/mol. The maximum atomic E-state index is 12.4. The first-order chi connectivity index (χ1) is 9.87. The lowest BCUT2D eigenvalue weighted by atomic mass is 10.0. The molecule has 3 N–H and O–H groups in total. The number of hydrogen-bond donors (Lipinski definition) is 2. The SMILES string of the molecule is CC(C)(C)NC(N)=NCC(=O)N1CCCc2ccccc21.I. The second-order valence-corrected chi connectivity index (χ2v) is 6.35. The number of rotatable bonds is 2. The van der Waals surface area contributed by atoms with Crippen molar-refractivity contribution in [3.05, 3.63) is 29.8 Å². The van der Waals surface area contributed by atoms with Gasteiger partial charge in [-0.25, -0.2) is 4.99 Å². The van der Waals surface area contributed by atoms with Crippen LogP contribution in [0.15, 0.2) is 29.3 Å². The Balaban J connectivity index is 0.00000242. The van der Waals surface area contributed by atoms with Crippen LogP contribution in [0.25, 0.3) is 0 Å². The third kappa shape index (κ3) is 5.15. The van der Waals surface area contributed by atoms with Crippen molar-refractivity contribution in [1.82, 2.24) is 5.32 Å². The summed E-state index contributed by atoms with van der Waals surface area (Å²) < 4.78 is 0. The minimum Gasteiger partial charge on any atom is -0.370 e. The molecule has 0 aliphatic carbocycles. The summed E-state index contributed by atoms with van der Waals surface area (Å²) >= 11 is 0. The van der Waals surface area contributed by atoms with Crippen molar-refractivity contribution in [2.45, 2.75) is 39.2 Å². The number of halogens is 1. The molecule has 0 unspecified atom stereocenters. The first-order valence-corrected chi connectivity index (χ1v) is 7.33. The first-order valence-electron chi connectivity index (χ1n) is 7.33. The number of aryl methyl sites for hydroxylation is 1. The summed E-state index contributed by atoms with van der Waals surface area (Å²) in [6.45, 7) is 6.81. The predicted octanol–water partition coefficient (Wildman–Crippen LogP) is 2.29. The fourth-order valence-corrected chi connectivity index (χ4v) is 2.45. The highest BCUT2D eigenvalue weighted by molar-refractivity contribution is 14.0. The van der Waals surface area contributed by atoms with Gasteiger partial charge >= 0.3 is 0 Å². The zero-order chi connectivity index (χ0) is 15.5.